The molecule has 1 heterocycles. The van der Waals surface area contributed by atoms with Crippen LogP contribution in [-0.4, -0.2) is 28.9 Å². The molecule has 1 aromatic rings. The summed E-state index contributed by atoms with van der Waals surface area (Å²) >= 11 is 1.34. The molecule has 6 nitrogen and oxygen atoms in total. The number of carbonyl (C=O) groups is 3. The van der Waals surface area contributed by atoms with Gasteiger partial charge in [0.1, 0.15) is 6.04 Å². The zero-order valence-electron chi connectivity index (χ0n) is 8.88. The van der Waals surface area contributed by atoms with Gasteiger partial charge in [0.25, 0.3) is 5.91 Å². The Hall–Kier alpha value is -1.89. The molecule has 1 unspecified atom stereocenters. The van der Waals surface area contributed by atoms with E-state index in [4.69, 9.17) is 10.8 Å². The van der Waals surface area contributed by atoms with Crippen molar-refractivity contribution in [1.29, 1.82) is 0 Å². The average Bonchev–Trinajstić information content (AvgIpc) is 2.76. The van der Waals surface area contributed by atoms with Crippen LogP contribution in [0.1, 0.15) is 23.2 Å². The number of carboxylic acids is 1. The van der Waals surface area contributed by atoms with Crippen molar-refractivity contribution in [3.8, 4) is 0 Å². The van der Waals surface area contributed by atoms with Gasteiger partial charge in [-0.3, -0.25) is 9.59 Å². The van der Waals surface area contributed by atoms with Crippen molar-refractivity contribution < 1.29 is 19.5 Å². The Morgan fingerprint density at radius 2 is 2.18 bits per heavy atom. The van der Waals surface area contributed by atoms with E-state index in [-0.39, 0.29) is 12.8 Å². The van der Waals surface area contributed by atoms with Gasteiger partial charge < -0.3 is 16.2 Å². The maximum atomic E-state index is 11.6. The number of amides is 2. The minimum atomic E-state index is -1.19. The van der Waals surface area contributed by atoms with E-state index in [9.17, 15) is 14.4 Å². The van der Waals surface area contributed by atoms with Crippen molar-refractivity contribution in [1.82, 2.24) is 5.32 Å². The predicted molar refractivity (Wildman–Crippen MR) is 61.6 cm³/mol. The molecule has 0 aromatic carbocycles. The molecule has 4 N–H and O–H groups in total. The summed E-state index contributed by atoms with van der Waals surface area (Å²) in [5.74, 6) is -2.25. The van der Waals surface area contributed by atoms with Crippen molar-refractivity contribution in [2.45, 2.75) is 18.9 Å². The summed E-state index contributed by atoms with van der Waals surface area (Å²) in [5.41, 5.74) is 5.33. The van der Waals surface area contributed by atoms with Crippen LogP contribution in [0.3, 0.4) is 0 Å². The summed E-state index contributed by atoms with van der Waals surface area (Å²) in [5, 5.41) is 14.5. The minimum Gasteiger partial charge on any atom is -0.480 e. The second-order valence-corrected chi connectivity index (χ2v) is 4.16. The number of hydrogen-bond acceptors (Lipinski definition) is 4. The van der Waals surface area contributed by atoms with E-state index in [1.807, 2.05) is 0 Å². The largest absolute Gasteiger partial charge is 0.480 e. The van der Waals surface area contributed by atoms with Crippen molar-refractivity contribution in [2.24, 2.45) is 5.73 Å². The van der Waals surface area contributed by atoms with E-state index >= 15 is 0 Å². The summed E-state index contributed by atoms with van der Waals surface area (Å²) in [7, 11) is 0. The first-order chi connectivity index (χ1) is 8.00. The van der Waals surface area contributed by atoms with Gasteiger partial charge in [-0.15, -0.1) is 0 Å². The maximum Gasteiger partial charge on any atom is 0.326 e. The number of primary amides is 1. The standard InChI is InChI=1S/C10H12N2O4S/c11-8(13)2-1-7(10(15)16)12-9(14)6-3-4-17-5-6/h3-5,7H,1-2H2,(H2,11,13)(H,12,14)(H,15,16). The molecule has 0 fully saturated rings. The van der Waals surface area contributed by atoms with Crippen LogP contribution in [-0.2, 0) is 9.59 Å². The van der Waals surface area contributed by atoms with Crippen molar-refractivity contribution in [2.75, 3.05) is 0 Å². The number of hydrogen-bond donors (Lipinski definition) is 3. The lowest BCUT2D eigenvalue weighted by molar-refractivity contribution is -0.139. The molecular weight excluding hydrogens is 244 g/mol. The first kappa shape index (κ1) is 13.2. The lowest BCUT2D eigenvalue weighted by atomic mass is 10.1. The second kappa shape index (κ2) is 6.00. The first-order valence-electron chi connectivity index (χ1n) is 4.85. The molecule has 7 heteroatoms. The van der Waals surface area contributed by atoms with Crippen LogP contribution in [0.2, 0.25) is 0 Å². The van der Waals surface area contributed by atoms with Gasteiger partial charge in [-0.2, -0.15) is 11.3 Å². The topological polar surface area (TPSA) is 109 Å². The van der Waals surface area contributed by atoms with Crippen LogP contribution in [0.4, 0.5) is 0 Å². The van der Waals surface area contributed by atoms with Gasteiger partial charge in [0.05, 0.1) is 5.56 Å². The summed E-state index contributed by atoms with van der Waals surface area (Å²) in [6.45, 7) is 0. The number of nitrogens with one attached hydrogen (secondary N) is 1. The molecule has 2 amide bonds. The Kier molecular flexibility index (Phi) is 4.65. The van der Waals surface area contributed by atoms with Crippen LogP contribution in [0.5, 0.6) is 0 Å². The average molecular weight is 256 g/mol. The van der Waals surface area contributed by atoms with Crippen LogP contribution >= 0.6 is 11.3 Å². The summed E-state index contributed by atoms with van der Waals surface area (Å²) in [4.78, 5) is 33.0. The monoisotopic (exact) mass is 256 g/mol. The fourth-order valence-corrected chi connectivity index (χ4v) is 1.82. The van der Waals surface area contributed by atoms with Gasteiger partial charge in [0.15, 0.2) is 0 Å². The molecule has 0 bridgehead atoms. The fraction of sp³-hybridized carbons (Fsp3) is 0.300. The molecule has 0 spiro atoms. The number of aliphatic carboxylic acids is 1. The van der Waals surface area contributed by atoms with Gasteiger partial charge in [-0.1, -0.05) is 0 Å². The van der Waals surface area contributed by atoms with Crippen LogP contribution in [0.15, 0.2) is 16.8 Å². The molecule has 92 valence electrons. The highest BCUT2D eigenvalue weighted by Gasteiger charge is 2.21. The van der Waals surface area contributed by atoms with E-state index in [1.54, 1.807) is 16.8 Å². The van der Waals surface area contributed by atoms with E-state index in [2.05, 4.69) is 5.32 Å². The molecule has 0 saturated heterocycles. The van der Waals surface area contributed by atoms with E-state index < -0.39 is 23.8 Å². The van der Waals surface area contributed by atoms with Gasteiger partial charge >= 0.3 is 5.97 Å². The van der Waals surface area contributed by atoms with Crippen LogP contribution in [0, 0.1) is 0 Å². The number of rotatable bonds is 6. The van der Waals surface area contributed by atoms with Crippen molar-refractivity contribution in [3.05, 3.63) is 22.4 Å². The Morgan fingerprint density at radius 3 is 2.65 bits per heavy atom. The van der Waals surface area contributed by atoms with Gasteiger partial charge in [0.2, 0.25) is 5.91 Å². The molecule has 0 aliphatic rings. The predicted octanol–water partition coefficient (Wildman–Crippen LogP) is 0.197. The molecule has 17 heavy (non-hydrogen) atoms. The third kappa shape index (κ3) is 4.23. The fourth-order valence-electron chi connectivity index (χ4n) is 1.18. The quantitative estimate of drug-likeness (QED) is 0.675. The van der Waals surface area contributed by atoms with Crippen LogP contribution < -0.4 is 11.1 Å². The Balaban J connectivity index is 2.58. The van der Waals surface area contributed by atoms with E-state index in [0.717, 1.165) is 0 Å². The molecule has 0 aliphatic heterocycles. The van der Waals surface area contributed by atoms with E-state index in [1.165, 1.54) is 11.3 Å². The van der Waals surface area contributed by atoms with Crippen molar-refractivity contribution >= 4 is 29.1 Å². The molecule has 0 aliphatic carbocycles. The lowest BCUT2D eigenvalue weighted by Gasteiger charge is -2.12. The molecule has 0 radical (unpaired) electrons. The van der Waals surface area contributed by atoms with Gasteiger partial charge in [0, 0.05) is 11.8 Å². The van der Waals surface area contributed by atoms with Crippen LogP contribution in [0.25, 0.3) is 0 Å². The SMILES string of the molecule is NC(=O)CCC(NC(=O)c1ccsc1)C(=O)O. The molecule has 1 atom stereocenters. The van der Waals surface area contributed by atoms with Gasteiger partial charge in [-0.25, -0.2) is 4.79 Å². The maximum absolute atomic E-state index is 11.6. The van der Waals surface area contributed by atoms with E-state index in [0.29, 0.717) is 5.56 Å². The molecule has 1 rings (SSSR count). The lowest BCUT2D eigenvalue weighted by Crippen LogP contribution is -2.41. The number of carboxylic acid groups (broad SMARTS) is 1. The summed E-state index contributed by atoms with van der Waals surface area (Å²) in [6, 6.07) is 0.488. The Labute approximate surface area is 101 Å². The smallest absolute Gasteiger partial charge is 0.326 e. The first-order valence-corrected chi connectivity index (χ1v) is 5.79. The highest BCUT2D eigenvalue weighted by Crippen LogP contribution is 2.07. The normalized spacial score (nSPS) is 11.8. The summed E-state index contributed by atoms with van der Waals surface area (Å²) < 4.78 is 0. The van der Waals surface area contributed by atoms with Crippen molar-refractivity contribution in [3.63, 3.8) is 0 Å². The number of thiophene rings is 1. The third-order valence-electron chi connectivity index (χ3n) is 2.07. The molecular formula is C10H12N2O4S. The minimum absolute atomic E-state index is 0.0133. The highest BCUT2D eigenvalue weighted by atomic mass is 32.1. The molecule has 0 saturated carbocycles. The zero-order valence-corrected chi connectivity index (χ0v) is 9.70. The summed E-state index contributed by atoms with van der Waals surface area (Å²) in [6.07, 6.45) is -0.0958. The van der Waals surface area contributed by atoms with Gasteiger partial charge in [-0.05, 0) is 17.9 Å². The molecule has 1 aromatic heterocycles. The highest BCUT2D eigenvalue weighted by molar-refractivity contribution is 7.08. The number of nitrogens with two attached hydrogens (primary N) is 1. The third-order valence-corrected chi connectivity index (χ3v) is 2.75. The number of carbonyl (C=O) groups excluding carboxylic acids is 2. The zero-order chi connectivity index (χ0) is 12.8. The Bertz CT molecular complexity index is 416. The second-order valence-electron chi connectivity index (χ2n) is 3.38. The Morgan fingerprint density at radius 1 is 1.47 bits per heavy atom.